The third kappa shape index (κ3) is 4.35. The highest BCUT2D eigenvalue weighted by Gasteiger charge is 2.22. The number of aromatic amines is 1. The van der Waals surface area contributed by atoms with Crippen LogP contribution in [0.15, 0.2) is 47.5 Å². The number of nitrogens with one attached hydrogen (secondary N) is 2. The number of benzene rings is 1. The fourth-order valence-corrected chi connectivity index (χ4v) is 2.71. The van der Waals surface area contributed by atoms with Crippen LogP contribution in [0.4, 0.5) is 0 Å². The Hall–Kier alpha value is -3.13. The minimum atomic E-state index is -1.18. The Morgan fingerprint density at radius 3 is 2.63 bits per heavy atom. The van der Waals surface area contributed by atoms with Crippen LogP contribution >= 0.6 is 12.4 Å². The molecule has 0 unspecified atom stereocenters. The predicted octanol–water partition coefficient (Wildman–Crippen LogP) is 1.43. The van der Waals surface area contributed by atoms with Gasteiger partial charge >= 0.3 is 5.97 Å². The summed E-state index contributed by atoms with van der Waals surface area (Å²) < 4.78 is 1.57. The molecule has 2 aromatic heterocycles. The van der Waals surface area contributed by atoms with Crippen LogP contribution in [0.3, 0.4) is 0 Å². The first-order chi connectivity index (χ1) is 12.5. The molecule has 0 saturated heterocycles. The average Bonchev–Trinajstić information content (AvgIpc) is 3.09. The zero-order valence-electron chi connectivity index (χ0n) is 14.5. The molecule has 0 bridgehead atoms. The lowest BCUT2D eigenvalue weighted by atomic mass is 10.1. The van der Waals surface area contributed by atoms with E-state index in [0.29, 0.717) is 12.1 Å². The number of hydrogen-bond donors (Lipinski definition) is 3. The van der Waals surface area contributed by atoms with Crippen molar-refractivity contribution in [3.05, 3.63) is 69.8 Å². The molecule has 0 aliphatic rings. The molecule has 0 radical (unpaired) electrons. The number of carboxylic acids is 1. The molecule has 2 heterocycles. The molecule has 9 heteroatoms. The van der Waals surface area contributed by atoms with Crippen molar-refractivity contribution in [3.8, 4) is 0 Å². The number of carbonyl (C=O) groups excluding carboxylic acids is 1. The monoisotopic (exact) mass is 390 g/mol. The van der Waals surface area contributed by atoms with Gasteiger partial charge in [0.1, 0.15) is 17.9 Å². The van der Waals surface area contributed by atoms with Gasteiger partial charge in [0.05, 0.1) is 0 Å². The van der Waals surface area contributed by atoms with Gasteiger partial charge in [-0.15, -0.1) is 12.4 Å². The van der Waals surface area contributed by atoms with E-state index in [1.54, 1.807) is 4.52 Å². The minimum Gasteiger partial charge on any atom is -0.480 e. The normalized spacial score (nSPS) is 11.6. The summed E-state index contributed by atoms with van der Waals surface area (Å²) in [7, 11) is 0. The molecule has 1 atom stereocenters. The number of carbonyl (C=O) groups is 2. The second-order valence-corrected chi connectivity index (χ2v) is 5.94. The maximum absolute atomic E-state index is 12.5. The molecule has 0 saturated carbocycles. The Morgan fingerprint density at radius 1 is 1.26 bits per heavy atom. The quantitative estimate of drug-likeness (QED) is 0.588. The smallest absolute Gasteiger partial charge is 0.325 e. The van der Waals surface area contributed by atoms with Crippen molar-refractivity contribution in [1.29, 1.82) is 0 Å². The molecule has 0 aliphatic heterocycles. The molecular formula is C18H19ClN4O4. The zero-order valence-corrected chi connectivity index (χ0v) is 15.3. The lowest BCUT2D eigenvalue weighted by molar-refractivity contribution is -0.138. The molecule has 0 spiro atoms. The third-order valence-electron chi connectivity index (χ3n) is 4.10. The number of nitrogens with zero attached hydrogens (tertiary/aromatic N) is 2. The topological polar surface area (TPSA) is 117 Å². The molecule has 142 valence electrons. The fraction of sp³-hybridized carbons (Fsp3) is 0.222. The maximum Gasteiger partial charge on any atom is 0.325 e. The Morgan fingerprint density at radius 2 is 1.96 bits per heavy atom. The maximum atomic E-state index is 12.5. The summed E-state index contributed by atoms with van der Waals surface area (Å²) in [6.07, 6.45) is 2.69. The number of pyridine rings is 1. The van der Waals surface area contributed by atoms with E-state index in [2.05, 4.69) is 15.4 Å². The summed E-state index contributed by atoms with van der Waals surface area (Å²) >= 11 is 0. The molecular weight excluding hydrogens is 372 g/mol. The number of amides is 1. The third-order valence-corrected chi connectivity index (χ3v) is 4.10. The lowest BCUT2D eigenvalue weighted by Gasteiger charge is -2.11. The summed E-state index contributed by atoms with van der Waals surface area (Å²) in [6.45, 7) is 1.33. The van der Waals surface area contributed by atoms with Crippen molar-refractivity contribution in [2.24, 2.45) is 0 Å². The highest BCUT2D eigenvalue weighted by atomic mass is 35.5. The molecule has 0 aliphatic carbocycles. The number of halogens is 1. The van der Waals surface area contributed by atoms with E-state index in [1.165, 1.54) is 19.3 Å². The molecule has 8 nitrogen and oxygen atoms in total. The number of aromatic nitrogens is 3. The predicted molar refractivity (Wildman–Crippen MR) is 101 cm³/mol. The first-order valence-corrected chi connectivity index (χ1v) is 8.13. The summed E-state index contributed by atoms with van der Waals surface area (Å²) in [5.41, 5.74) is 1.33. The zero-order chi connectivity index (χ0) is 18.7. The average molecular weight is 391 g/mol. The van der Waals surface area contributed by atoms with Crippen molar-refractivity contribution < 1.29 is 14.7 Å². The summed E-state index contributed by atoms with van der Waals surface area (Å²) in [5.74, 6) is -1.94. The Balaban J connectivity index is 0.00000261. The minimum absolute atomic E-state index is 0. The molecule has 3 N–H and O–H groups in total. The number of rotatable bonds is 6. The second-order valence-electron chi connectivity index (χ2n) is 5.94. The first kappa shape index (κ1) is 20.2. The number of hydrogen-bond acceptors (Lipinski definition) is 4. The van der Waals surface area contributed by atoms with Crippen LogP contribution < -0.4 is 10.7 Å². The van der Waals surface area contributed by atoms with E-state index in [9.17, 15) is 14.4 Å². The molecule has 1 amide bonds. The van der Waals surface area contributed by atoms with Crippen molar-refractivity contribution in [2.45, 2.75) is 25.8 Å². The highest BCUT2D eigenvalue weighted by molar-refractivity contribution is 6.01. The molecule has 3 aromatic rings. The van der Waals surface area contributed by atoms with Gasteiger partial charge in [-0.25, -0.2) is 9.50 Å². The summed E-state index contributed by atoms with van der Waals surface area (Å²) in [6, 6.07) is 10.1. The van der Waals surface area contributed by atoms with Crippen molar-refractivity contribution in [1.82, 2.24) is 19.9 Å². The Labute approximate surface area is 160 Å². The van der Waals surface area contributed by atoms with Crippen LogP contribution in [-0.4, -0.2) is 37.6 Å². The first-order valence-electron chi connectivity index (χ1n) is 8.13. The van der Waals surface area contributed by atoms with Gasteiger partial charge < -0.3 is 10.4 Å². The van der Waals surface area contributed by atoms with Crippen LogP contribution in [0.5, 0.6) is 0 Å². The molecule has 0 fully saturated rings. The van der Waals surface area contributed by atoms with Gasteiger partial charge in [0.2, 0.25) is 0 Å². The number of aryl methyl sites for hydroxylation is 2. The van der Waals surface area contributed by atoms with Gasteiger partial charge in [0.25, 0.3) is 5.91 Å². The van der Waals surface area contributed by atoms with E-state index in [4.69, 9.17) is 5.11 Å². The Bertz CT molecular complexity index is 1010. The Kier molecular flexibility index (Phi) is 6.36. The van der Waals surface area contributed by atoms with Gasteiger partial charge in [-0.1, -0.05) is 30.3 Å². The number of fused-ring (bicyclic) bond motifs is 1. The molecule has 27 heavy (non-hydrogen) atoms. The van der Waals surface area contributed by atoms with E-state index in [1.807, 2.05) is 30.3 Å². The van der Waals surface area contributed by atoms with E-state index < -0.39 is 23.3 Å². The van der Waals surface area contributed by atoms with Gasteiger partial charge in [0, 0.05) is 11.8 Å². The van der Waals surface area contributed by atoms with Crippen molar-refractivity contribution >= 4 is 29.9 Å². The summed E-state index contributed by atoms with van der Waals surface area (Å²) in [5, 5.41) is 14.1. The summed E-state index contributed by atoms with van der Waals surface area (Å²) in [4.78, 5) is 39.8. The van der Waals surface area contributed by atoms with Crippen LogP contribution in [-0.2, 0) is 17.6 Å². The van der Waals surface area contributed by atoms with Gasteiger partial charge in [-0.2, -0.15) is 0 Å². The van der Waals surface area contributed by atoms with Crippen molar-refractivity contribution in [2.75, 3.05) is 0 Å². The van der Waals surface area contributed by atoms with Crippen LogP contribution in [0, 0.1) is 0 Å². The number of H-pyrrole nitrogens is 1. The fourth-order valence-electron chi connectivity index (χ4n) is 2.71. The van der Waals surface area contributed by atoms with Gasteiger partial charge in [-0.3, -0.25) is 19.5 Å². The number of carboxylic acid groups (broad SMARTS) is 1. The SMILES string of the molecule is C[C@H](NC(=O)c1c(=O)cc(CCc2ccccc2)n2[nH]cnc12)C(=O)O.Cl. The van der Waals surface area contributed by atoms with Crippen LogP contribution in [0.2, 0.25) is 0 Å². The lowest BCUT2D eigenvalue weighted by Crippen LogP contribution is -2.40. The van der Waals surface area contributed by atoms with Gasteiger partial charge in [0.15, 0.2) is 11.1 Å². The standard InChI is InChI=1S/C18H18N4O4.ClH/c1-11(18(25)26)21-17(24)15-14(23)9-13(22-16(15)19-10-20-22)8-7-12-5-3-2-4-6-12;/h2-6,9-11H,7-8H2,1H3,(H,19,20)(H,21,24)(H,25,26);1H/t11-;/m0./s1. The largest absolute Gasteiger partial charge is 0.480 e. The van der Waals surface area contributed by atoms with E-state index in [-0.39, 0.29) is 23.6 Å². The highest BCUT2D eigenvalue weighted by Crippen LogP contribution is 2.10. The number of aliphatic carboxylic acids is 1. The second kappa shape index (κ2) is 8.50. The molecule has 1 aromatic carbocycles. The molecule has 3 rings (SSSR count). The van der Waals surface area contributed by atoms with E-state index >= 15 is 0 Å². The van der Waals surface area contributed by atoms with E-state index in [0.717, 1.165) is 12.0 Å². The van der Waals surface area contributed by atoms with Crippen LogP contribution in [0.1, 0.15) is 28.5 Å². The van der Waals surface area contributed by atoms with Crippen molar-refractivity contribution in [3.63, 3.8) is 0 Å². The van der Waals surface area contributed by atoms with Gasteiger partial charge in [-0.05, 0) is 25.3 Å². The van der Waals surface area contributed by atoms with Crippen LogP contribution in [0.25, 0.3) is 5.65 Å².